The summed E-state index contributed by atoms with van der Waals surface area (Å²) in [4.78, 5) is 14.9. The average molecular weight is 381 g/mol. The lowest BCUT2D eigenvalue weighted by molar-refractivity contribution is 0.0720. The van der Waals surface area contributed by atoms with Crippen LogP contribution >= 0.6 is 0 Å². The van der Waals surface area contributed by atoms with E-state index in [9.17, 15) is 13.2 Å². The molecule has 0 aliphatic carbocycles. The second kappa shape index (κ2) is 7.96. The van der Waals surface area contributed by atoms with Gasteiger partial charge in [0.05, 0.1) is 17.6 Å². The van der Waals surface area contributed by atoms with Crippen LogP contribution in [0.2, 0.25) is 0 Å². The monoisotopic (exact) mass is 380 g/mol. The number of carbonyl (C=O) groups excluding carboxylic acids is 1. The highest BCUT2D eigenvalue weighted by molar-refractivity contribution is 7.89. The number of likely N-dealkylation sites (tertiary alicyclic amines) is 1. The predicted octanol–water partition coefficient (Wildman–Crippen LogP) is 2.74. The summed E-state index contributed by atoms with van der Waals surface area (Å²) >= 11 is 0. The molecule has 1 atom stereocenters. The van der Waals surface area contributed by atoms with Crippen LogP contribution < -0.4 is 4.74 Å². The Morgan fingerprint density at radius 2 is 1.85 bits per heavy atom. The van der Waals surface area contributed by atoms with E-state index in [1.807, 2.05) is 0 Å². The standard InChI is InChI=1S/C19H28N2O4S/c1-15-7-6-12-21(14-15)26(23,24)16-8-9-18(25-2)17(13-16)19(22)20-10-4-3-5-11-20/h8-9,13,15H,3-7,10-12,14H2,1-2H3/t15-/m0/s1. The Labute approximate surface area is 156 Å². The SMILES string of the molecule is COc1ccc(S(=O)(=O)N2CCC[C@H](C)C2)cc1C(=O)N1CCCCC1. The van der Waals surface area contributed by atoms with Gasteiger partial charge in [-0.05, 0) is 56.2 Å². The summed E-state index contributed by atoms with van der Waals surface area (Å²) in [5.74, 6) is 0.628. The molecule has 6 nitrogen and oxygen atoms in total. The number of hydrogen-bond acceptors (Lipinski definition) is 4. The number of hydrogen-bond donors (Lipinski definition) is 0. The molecule has 0 unspecified atom stereocenters. The average Bonchev–Trinajstić information content (AvgIpc) is 2.67. The minimum atomic E-state index is -3.60. The van der Waals surface area contributed by atoms with E-state index in [1.54, 1.807) is 17.0 Å². The number of carbonyl (C=O) groups is 1. The van der Waals surface area contributed by atoms with Gasteiger partial charge in [-0.3, -0.25) is 4.79 Å². The van der Waals surface area contributed by atoms with E-state index in [1.165, 1.54) is 17.5 Å². The van der Waals surface area contributed by atoms with Crippen LogP contribution in [0, 0.1) is 5.92 Å². The van der Waals surface area contributed by atoms with Gasteiger partial charge in [0.1, 0.15) is 5.75 Å². The molecule has 26 heavy (non-hydrogen) atoms. The van der Waals surface area contributed by atoms with Crippen LogP contribution in [0.5, 0.6) is 5.75 Å². The summed E-state index contributed by atoms with van der Waals surface area (Å²) in [7, 11) is -2.10. The Kier molecular flexibility index (Phi) is 5.87. The topological polar surface area (TPSA) is 66.9 Å². The van der Waals surface area contributed by atoms with Gasteiger partial charge in [-0.1, -0.05) is 6.92 Å². The lowest BCUT2D eigenvalue weighted by Gasteiger charge is -2.30. The minimum Gasteiger partial charge on any atom is -0.496 e. The molecule has 2 aliphatic heterocycles. The summed E-state index contributed by atoms with van der Waals surface area (Å²) in [6, 6.07) is 4.63. The van der Waals surface area contributed by atoms with Crippen molar-refractivity contribution in [2.24, 2.45) is 5.92 Å². The lowest BCUT2D eigenvalue weighted by atomic mass is 10.0. The van der Waals surface area contributed by atoms with Crippen molar-refractivity contribution < 1.29 is 17.9 Å². The molecule has 2 aliphatic rings. The van der Waals surface area contributed by atoms with Crippen molar-refractivity contribution in [1.82, 2.24) is 9.21 Å². The summed E-state index contributed by atoms with van der Waals surface area (Å²) in [6.45, 7) is 4.56. The number of ether oxygens (including phenoxy) is 1. The maximum Gasteiger partial charge on any atom is 0.257 e. The van der Waals surface area contributed by atoms with Crippen molar-refractivity contribution in [2.75, 3.05) is 33.3 Å². The molecule has 2 saturated heterocycles. The lowest BCUT2D eigenvalue weighted by Crippen LogP contribution is -2.39. The third-order valence-corrected chi connectivity index (χ3v) is 7.16. The van der Waals surface area contributed by atoms with Crippen molar-refractivity contribution in [3.8, 4) is 5.75 Å². The van der Waals surface area contributed by atoms with Crippen LogP contribution in [0.15, 0.2) is 23.1 Å². The van der Waals surface area contributed by atoms with Crippen molar-refractivity contribution in [1.29, 1.82) is 0 Å². The zero-order valence-corrected chi connectivity index (χ0v) is 16.4. The summed E-state index contributed by atoms with van der Waals surface area (Å²) in [5.41, 5.74) is 0.334. The Morgan fingerprint density at radius 3 is 2.50 bits per heavy atom. The normalized spacial score (nSPS) is 22.2. The van der Waals surface area contributed by atoms with E-state index >= 15 is 0 Å². The fraction of sp³-hybridized carbons (Fsp3) is 0.632. The molecule has 0 bridgehead atoms. The molecule has 1 aromatic rings. The molecule has 3 rings (SSSR count). The molecule has 2 heterocycles. The van der Waals surface area contributed by atoms with Crippen LogP contribution in [-0.4, -0.2) is 56.8 Å². The molecule has 144 valence electrons. The van der Waals surface area contributed by atoms with Gasteiger partial charge in [0, 0.05) is 26.2 Å². The third-order valence-electron chi connectivity index (χ3n) is 5.30. The highest BCUT2D eigenvalue weighted by atomic mass is 32.2. The van der Waals surface area contributed by atoms with Crippen molar-refractivity contribution >= 4 is 15.9 Å². The minimum absolute atomic E-state index is 0.148. The Morgan fingerprint density at radius 1 is 1.12 bits per heavy atom. The molecule has 0 radical (unpaired) electrons. The summed E-state index contributed by atoms with van der Waals surface area (Å²) in [6.07, 6.45) is 5.02. The van der Waals surface area contributed by atoms with Gasteiger partial charge in [0.25, 0.3) is 5.91 Å². The van der Waals surface area contributed by atoms with E-state index in [0.717, 1.165) is 32.1 Å². The quantitative estimate of drug-likeness (QED) is 0.806. The summed E-state index contributed by atoms with van der Waals surface area (Å²) < 4.78 is 33.0. The summed E-state index contributed by atoms with van der Waals surface area (Å²) in [5, 5.41) is 0. The fourth-order valence-electron chi connectivity index (χ4n) is 3.80. The van der Waals surface area contributed by atoms with Gasteiger partial charge in [0.15, 0.2) is 0 Å². The first-order valence-electron chi connectivity index (χ1n) is 9.41. The molecule has 0 saturated carbocycles. The van der Waals surface area contributed by atoms with E-state index in [2.05, 4.69) is 6.92 Å². The number of benzene rings is 1. The van der Waals surface area contributed by atoms with Gasteiger partial charge in [-0.2, -0.15) is 4.31 Å². The van der Waals surface area contributed by atoms with E-state index in [0.29, 0.717) is 43.4 Å². The van der Waals surface area contributed by atoms with Gasteiger partial charge in [-0.15, -0.1) is 0 Å². The molecule has 0 spiro atoms. The fourth-order valence-corrected chi connectivity index (χ4v) is 5.42. The molecule has 0 aromatic heterocycles. The van der Waals surface area contributed by atoms with Crippen LogP contribution in [0.3, 0.4) is 0 Å². The van der Waals surface area contributed by atoms with Crippen LogP contribution in [-0.2, 0) is 10.0 Å². The third kappa shape index (κ3) is 3.88. The maximum absolute atomic E-state index is 13.0. The smallest absolute Gasteiger partial charge is 0.257 e. The maximum atomic E-state index is 13.0. The van der Waals surface area contributed by atoms with Crippen LogP contribution in [0.1, 0.15) is 49.4 Å². The van der Waals surface area contributed by atoms with E-state index in [-0.39, 0.29) is 10.8 Å². The molecule has 7 heteroatoms. The molecular formula is C19H28N2O4S. The van der Waals surface area contributed by atoms with Gasteiger partial charge in [-0.25, -0.2) is 8.42 Å². The first kappa shape index (κ1) is 19.2. The second-order valence-electron chi connectivity index (χ2n) is 7.33. The molecule has 2 fully saturated rings. The zero-order chi connectivity index (χ0) is 18.7. The molecule has 1 aromatic carbocycles. The van der Waals surface area contributed by atoms with Gasteiger partial charge in [0.2, 0.25) is 10.0 Å². The predicted molar refractivity (Wildman–Crippen MR) is 99.9 cm³/mol. The van der Waals surface area contributed by atoms with Crippen molar-refractivity contribution in [3.05, 3.63) is 23.8 Å². The number of methoxy groups -OCH3 is 1. The van der Waals surface area contributed by atoms with Crippen molar-refractivity contribution in [2.45, 2.75) is 43.9 Å². The molecular weight excluding hydrogens is 352 g/mol. The Bertz CT molecular complexity index is 757. The van der Waals surface area contributed by atoms with Gasteiger partial charge >= 0.3 is 0 Å². The number of piperidine rings is 2. The first-order chi connectivity index (χ1) is 12.4. The van der Waals surface area contributed by atoms with Crippen molar-refractivity contribution in [3.63, 3.8) is 0 Å². The largest absolute Gasteiger partial charge is 0.496 e. The Balaban J connectivity index is 1.92. The highest BCUT2D eigenvalue weighted by Crippen LogP contribution is 2.29. The number of sulfonamides is 1. The number of amides is 1. The molecule has 0 N–H and O–H groups in total. The van der Waals surface area contributed by atoms with Crippen LogP contribution in [0.25, 0.3) is 0 Å². The van der Waals surface area contributed by atoms with Gasteiger partial charge < -0.3 is 9.64 Å². The number of rotatable bonds is 4. The molecule has 1 amide bonds. The first-order valence-corrected chi connectivity index (χ1v) is 10.8. The van der Waals surface area contributed by atoms with Crippen LogP contribution in [0.4, 0.5) is 0 Å². The van der Waals surface area contributed by atoms with E-state index < -0.39 is 10.0 Å². The second-order valence-corrected chi connectivity index (χ2v) is 9.26. The zero-order valence-electron chi connectivity index (χ0n) is 15.6. The Hall–Kier alpha value is -1.60. The highest BCUT2D eigenvalue weighted by Gasteiger charge is 2.30. The van der Waals surface area contributed by atoms with E-state index in [4.69, 9.17) is 4.74 Å². The number of nitrogens with zero attached hydrogens (tertiary/aromatic N) is 2.